The van der Waals surface area contributed by atoms with Gasteiger partial charge in [-0.05, 0) is 24.8 Å². The summed E-state index contributed by atoms with van der Waals surface area (Å²) in [6.07, 6.45) is 4.51. The van der Waals surface area contributed by atoms with Gasteiger partial charge in [0.2, 0.25) is 0 Å². The lowest BCUT2D eigenvalue weighted by Crippen LogP contribution is -2.35. The fourth-order valence-electron chi connectivity index (χ4n) is 1.94. The number of hydrogen-bond acceptors (Lipinski definition) is 5. The minimum atomic E-state index is 0.131. The van der Waals surface area contributed by atoms with Crippen molar-refractivity contribution in [1.82, 2.24) is 15.3 Å². The normalized spacial score (nSPS) is 24.6. The Morgan fingerprint density at radius 2 is 2.41 bits per heavy atom. The SMILES string of the molecule is c1cc(NCC2CC2)nc([C@H]2COCCN2)n1. The van der Waals surface area contributed by atoms with Crippen molar-refractivity contribution in [2.45, 2.75) is 18.9 Å². The first-order chi connectivity index (χ1) is 8.42. The monoisotopic (exact) mass is 234 g/mol. The molecule has 3 rings (SSSR count). The summed E-state index contributed by atoms with van der Waals surface area (Å²) in [6, 6.07) is 2.06. The van der Waals surface area contributed by atoms with Crippen molar-refractivity contribution in [2.24, 2.45) is 5.92 Å². The van der Waals surface area contributed by atoms with E-state index in [1.807, 2.05) is 12.3 Å². The maximum atomic E-state index is 5.42. The molecule has 2 aliphatic rings. The third kappa shape index (κ3) is 2.92. The highest BCUT2D eigenvalue weighted by Gasteiger charge is 2.21. The van der Waals surface area contributed by atoms with Crippen molar-refractivity contribution >= 4 is 5.82 Å². The Balaban J connectivity index is 1.64. The molecular weight excluding hydrogens is 216 g/mol. The van der Waals surface area contributed by atoms with Crippen molar-refractivity contribution < 1.29 is 4.74 Å². The van der Waals surface area contributed by atoms with Gasteiger partial charge in [-0.3, -0.25) is 0 Å². The summed E-state index contributed by atoms with van der Waals surface area (Å²) in [5.74, 6) is 2.60. The summed E-state index contributed by atoms with van der Waals surface area (Å²) in [7, 11) is 0. The summed E-state index contributed by atoms with van der Waals surface area (Å²) < 4.78 is 5.42. The maximum absolute atomic E-state index is 5.42. The molecule has 1 saturated heterocycles. The highest BCUT2D eigenvalue weighted by molar-refractivity contribution is 5.33. The van der Waals surface area contributed by atoms with Gasteiger partial charge in [0.25, 0.3) is 0 Å². The van der Waals surface area contributed by atoms with Gasteiger partial charge in [-0.1, -0.05) is 0 Å². The summed E-state index contributed by atoms with van der Waals surface area (Å²) >= 11 is 0. The van der Waals surface area contributed by atoms with E-state index in [9.17, 15) is 0 Å². The number of rotatable bonds is 4. The van der Waals surface area contributed by atoms with E-state index in [4.69, 9.17) is 4.74 Å². The molecule has 5 nitrogen and oxygen atoms in total. The maximum Gasteiger partial charge on any atom is 0.149 e. The van der Waals surface area contributed by atoms with Crippen molar-refractivity contribution in [3.63, 3.8) is 0 Å². The van der Waals surface area contributed by atoms with Crippen LogP contribution >= 0.6 is 0 Å². The van der Waals surface area contributed by atoms with Gasteiger partial charge in [-0.2, -0.15) is 0 Å². The Kier molecular flexibility index (Phi) is 3.20. The molecule has 1 aliphatic carbocycles. The first-order valence-corrected chi connectivity index (χ1v) is 6.30. The van der Waals surface area contributed by atoms with Crippen LogP contribution in [0.2, 0.25) is 0 Å². The average molecular weight is 234 g/mol. The molecule has 0 radical (unpaired) electrons. The molecule has 1 aliphatic heterocycles. The van der Waals surface area contributed by atoms with Crippen LogP contribution in [-0.4, -0.2) is 36.3 Å². The molecule has 1 saturated carbocycles. The number of nitrogens with zero attached hydrogens (tertiary/aromatic N) is 2. The van der Waals surface area contributed by atoms with Crippen LogP contribution in [-0.2, 0) is 4.74 Å². The Bertz CT molecular complexity index is 375. The number of nitrogens with one attached hydrogen (secondary N) is 2. The Labute approximate surface area is 101 Å². The predicted molar refractivity (Wildman–Crippen MR) is 64.8 cm³/mol. The van der Waals surface area contributed by atoms with Crippen molar-refractivity contribution in [2.75, 3.05) is 31.6 Å². The first kappa shape index (κ1) is 10.9. The van der Waals surface area contributed by atoms with Gasteiger partial charge in [0, 0.05) is 19.3 Å². The molecule has 0 bridgehead atoms. The molecule has 1 aromatic rings. The van der Waals surface area contributed by atoms with Crippen LogP contribution in [0.5, 0.6) is 0 Å². The molecular formula is C12H18N4O. The summed E-state index contributed by atoms with van der Waals surface area (Å²) in [5, 5.41) is 6.73. The smallest absolute Gasteiger partial charge is 0.149 e. The van der Waals surface area contributed by atoms with E-state index in [-0.39, 0.29) is 6.04 Å². The van der Waals surface area contributed by atoms with Gasteiger partial charge < -0.3 is 15.4 Å². The Hall–Kier alpha value is -1.20. The highest BCUT2D eigenvalue weighted by atomic mass is 16.5. The van der Waals surface area contributed by atoms with Gasteiger partial charge in [0.1, 0.15) is 11.6 Å². The standard InChI is InChI=1S/C12H18N4O/c1-2-9(1)7-15-11-3-4-14-12(16-11)10-8-17-6-5-13-10/h3-4,9-10,13H,1-2,5-8H2,(H,14,15,16)/t10-/m1/s1. The average Bonchev–Trinajstić information content (AvgIpc) is 3.22. The molecule has 17 heavy (non-hydrogen) atoms. The van der Waals surface area contributed by atoms with E-state index in [0.29, 0.717) is 6.61 Å². The fourth-order valence-corrected chi connectivity index (χ4v) is 1.94. The predicted octanol–water partition coefficient (Wildman–Crippen LogP) is 0.959. The molecule has 2 fully saturated rings. The Morgan fingerprint density at radius 3 is 3.18 bits per heavy atom. The second-order valence-electron chi connectivity index (χ2n) is 4.71. The fraction of sp³-hybridized carbons (Fsp3) is 0.667. The minimum Gasteiger partial charge on any atom is -0.378 e. The van der Waals surface area contributed by atoms with Crippen LogP contribution in [0.4, 0.5) is 5.82 Å². The van der Waals surface area contributed by atoms with Gasteiger partial charge >= 0.3 is 0 Å². The van der Waals surface area contributed by atoms with Crippen molar-refractivity contribution in [3.8, 4) is 0 Å². The van der Waals surface area contributed by atoms with Gasteiger partial charge in [-0.15, -0.1) is 0 Å². The molecule has 0 unspecified atom stereocenters. The van der Waals surface area contributed by atoms with Crippen molar-refractivity contribution in [1.29, 1.82) is 0 Å². The van der Waals surface area contributed by atoms with Gasteiger partial charge in [-0.25, -0.2) is 9.97 Å². The number of hydrogen-bond donors (Lipinski definition) is 2. The van der Waals surface area contributed by atoms with Crippen molar-refractivity contribution in [3.05, 3.63) is 18.1 Å². The van der Waals surface area contributed by atoms with Gasteiger partial charge in [0.05, 0.1) is 19.3 Å². The Morgan fingerprint density at radius 1 is 1.47 bits per heavy atom. The largest absolute Gasteiger partial charge is 0.378 e. The van der Waals surface area contributed by atoms with Crippen LogP contribution in [0.3, 0.4) is 0 Å². The summed E-state index contributed by atoms with van der Waals surface area (Å²) in [6.45, 7) is 3.33. The van der Waals surface area contributed by atoms with Crippen LogP contribution in [0, 0.1) is 5.92 Å². The van der Waals surface area contributed by atoms with Crippen LogP contribution in [0.15, 0.2) is 12.3 Å². The van der Waals surface area contributed by atoms with Crippen LogP contribution in [0.25, 0.3) is 0 Å². The molecule has 1 aromatic heterocycles. The zero-order valence-corrected chi connectivity index (χ0v) is 9.85. The quantitative estimate of drug-likeness (QED) is 0.812. The molecule has 92 valence electrons. The van der Waals surface area contributed by atoms with E-state index in [0.717, 1.165) is 37.3 Å². The molecule has 5 heteroatoms. The zero-order valence-electron chi connectivity index (χ0n) is 9.85. The summed E-state index contributed by atoms with van der Waals surface area (Å²) in [4.78, 5) is 8.84. The van der Waals surface area contributed by atoms with Crippen LogP contribution in [0.1, 0.15) is 24.7 Å². The number of ether oxygens (including phenoxy) is 1. The highest BCUT2D eigenvalue weighted by Crippen LogP contribution is 2.28. The van der Waals surface area contributed by atoms with E-state index in [1.54, 1.807) is 0 Å². The van der Waals surface area contributed by atoms with E-state index in [2.05, 4.69) is 20.6 Å². The second-order valence-corrected chi connectivity index (χ2v) is 4.71. The third-order valence-corrected chi connectivity index (χ3v) is 3.18. The number of aromatic nitrogens is 2. The third-order valence-electron chi connectivity index (χ3n) is 3.18. The molecule has 2 heterocycles. The van der Waals surface area contributed by atoms with Crippen LogP contribution < -0.4 is 10.6 Å². The molecule has 0 aromatic carbocycles. The topological polar surface area (TPSA) is 59.1 Å². The van der Waals surface area contributed by atoms with E-state index >= 15 is 0 Å². The molecule has 2 N–H and O–H groups in total. The van der Waals surface area contributed by atoms with E-state index < -0.39 is 0 Å². The summed E-state index contributed by atoms with van der Waals surface area (Å²) in [5.41, 5.74) is 0. The lowest BCUT2D eigenvalue weighted by Gasteiger charge is -2.22. The second kappa shape index (κ2) is 4.98. The molecule has 1 atom stereocenters. The lowest BCUT2D eigenvalue weighted by molar-refractivity contribution is 0.0742. The lowest BCUT2D eigenvalue weighted by atomic mass is 10.2. The molecule has 0 spiro atoms. The number of morpholine rings is 1. The zero-order chi connectivity index (χ0) is 11.5. The first-order valence-electron chi connectivity index (χ1n) is 6.30. The van der Waals surface area contributed by atoms with E-state index in [1.165, 1.54) is 12.8 Å². The molecule has 0 amide bonds. The minimum absolute atomic E-state index is 0.131. The van der Waals surface area contributed by atoms with Gasteiger partial charge in [0.15, 0.2) is 0 Å². The number of anilines is 1.